The number of hydrogen-bond acceptors (Lipinski definition) is 5. The number of aliphatic hydroxyl groups is 1. The Morgan fingerprint density at radius 1 is 0.871 bits per heavy atom. The molecule has 5 nitrogen and oxygen atoms in total. The van der Waals surface area contributed by atoms with E-state index in [0.29, 0.717) is 27.9 Å². The monoisotopic (exact) mass is 434 g/mol. The van der Waals surface area contributed by atoms with Crippen molar-refractivity contribution >= 4 is 9.84 Å². The van der Waals surface area contributed by atoms with Gasteiger partial charge < -0.3 is 5.11 Å². The third-order valence-corrected chi connectivity index (χ3v) is 6.01. The van der Waals surface area contributed by atoms with Crippen molar-refractivity contribution in [1.82, 2.24) is 9.97 Å². The zero-order chi connectivity index (χ0) is 22.0. The molecule has 0 bridgehead atoms. The molecule has 156 valence electrons. The zero-order valence-corrected chi connectivity index (χ0v) is 17.4. The lowest BCUT2D eigenvalue weighted by Gasteiger charge is -2.14. The summed E-state index contributed by atoms with van der Waals surface area (Å²) in [5.41, 5.74) is 3.14. The Morgan fingerprint density at radius 3 is 2.10 bits per heavy atom. The topological polar surface area (TPSA) is 80.2 Å². The van der Waals surface area contributed by atoms with Gasteiger partial charge in [-0.25, -0.2) is 22.8 Å². The number of aliphatic hydroxyl groups excluding tert-OH is 1. The molecule has 3 aromatic carbocycles. The van der Waals surface area contributed by atoms with Crippen LogP contribution in [-0.4, -0.2) is 29.7 Å². The molecular weight excluding hydrogens is 415 g/mol. The molecule has 7 heteroatoms. The molecule has 0 saturated carbocycles. The first-order chi connectivity index (χ1) is 14.8. The summed E-state index contributed by atoms with van der Waals surface area (Å²) in [5.74, 6) is -0.163. The second-order valence-electron chi connectivity index (χ2n) is 7.11. The number of sulfone groups is 1. The van der Waals surface area contributed by atoms with Crippen molar-refractivity contribution < 1.29 is 17.9 Å². The van der Waals surface area contributed by atoms with Crippen molar-refractivity contribution in [2.75, 3.05) is 6.26 Å². The summed E-state index contributed by atoms with van der Waals surface area (Å²) in [4.78, 5) is 9.15. The molecule has 0 aliphatic rings. The Balaban J connectivity index is 1.84. The minimum atomic E-state index is -3.32. The van der Waals surface area contributed by atoms with Crippen LogP contribution >= 0.6 is 0 Å². The van der Waals surface area contributed by atoms with E-state index >= 15 is 0 Å². The van der Waals surface area contributed by atoms with Crippen LogP contribution in [0, 0.1) is 5.82 Å². The molecule has 1 N–H and O–H groups in total. The van der Waals surface area contributed by atoms with E-state index in [1.165, 1.54) is 24.3 Å². The van der Waals surface area contributed by atoms with Gasteiger partial charge in [-0.2, -0.15) is 0 Å². The fourth-order valence-electron chi connectivity index (χ4n) is 3.23. The number of benzene rings is 3. The van der Waals surface area contributed by atoms with E-state index in [1.54, 1.807) is 42.6 Å². The molecule has 0 aliphatic heterocycles. The van der Waals surface area contributed by atoms with Gasteiger partial charge in [0.1, 0.15) is 11.9 Å². The third kappa shape index (κ3) is 4.52. The molecule has 0 amide bonds. The molecule has 0 radical (unpaired) electrons. The maximum atomic E-state index is 13.5. The SMILES string of the molecule is CS(=O)(=O)c1ccc(-c2cnc(C(O)c3ccccc3)nc2-c2ccc(F)cc2)cc1. The minimum absolute atomic E-state index is 0.205. The van der Waals surface area contributed by atoms with Crippen LogP contribution in [0.25, 0.3) is 22.4 Å². The van der Waals surface area contributed by atoms with Crippen LogP contribution in [0.3, 0.4) is 0 Å². The predicted octanol–water partition coefficient (Wildman–Crippen LogP) is 4.43. The Bertz CT molecular complexity index is 1310. The number of rotatable bonds is 5. The van der Waals surface area contributed by atoms with Crippen molar-refractivity contribution in [1.29, 1.82) is 0 Å². The molecule has 1 aromatic heterocycles. The summed E-state index contributed by atoms with van der Waals surface area (Å²) in [6.07, 6.45) is 1.71. The lowest BCUT2D eigenvalue weighted by molar-refractivity contribution is 0.210. The van der Waals surface area contributed by atoms with Crippen LogP contribution in [0.15, 0.2) is 90.0 Å². The van der Waals surface area contributed by atoms with Crippen LogP contribution in [0.1, 0.15) is 17.5 Å². The van der Waals surface area contributed by atoms with E-state index in [4.69, 9.17) is 0 Å². The molecule has 0 spiro atoms. The van der Waals surface area contributed by atoms with Crippen molar-refractivity contribution in [3.05, 3.63) is 102 Å². The third-order valence-electron chi connectivity index (χ3n) is 4.88. The highest BCUT2D eigenvalue weighted by molar-refractivity contribution is 7.90. The predicted molar refractivity (Wildman–Crippen MR) is 116 cm³/mol. The lowest BCUT2D eigenvalue weighted by Crippen LogP contribution is -2.07. The fraction of sp³-hybridized carbons (Fsp3) is 0.0833. The van der Waals surface area contributed by atoms with Gasteiger partial charge in [0.25, 0.3) is 0 Å². The zero-order valence-electron chi connectivity index (χ0n) is 16.6. The Hall–Kier alpha value is -3.42. The normalized spacial score (nSPS) is 12.5. The first-order valence-corrected chi connectivity index (χ1v) is 11.4. The number of hydrogen-bond donors (Lipinski definition) is 1. The van der Waals surface area contributed by atoms with E-state index in [1.807, 2.05) is 18.2 Å². The summed E-state index contributed by atoms with van der Waals surface area (Å²) in [7, 11) is -3.32. The van der Waals surface area contributed by atoms with Gasteiger partial charge in [0.2, 0.25) is 0 Å². The second kappa shape index (κ2) is 8.37. The van der Waals surface area contributed by atoms with Crippen LogP contribution in [0.2, 0.25) is 0 Å². The molecule has 1 heterocycles. The largest absolute Gasteiger partial charge is 0.380 e. The van der Waals surface area contributed by atoms with Gasteiger partial charge in [0.15, 0.2) is 15.7 Å². The van der Waals surface area contributed by atoms with Gasteiger partial charge in [-0.15, -0.1) is 0 Å². The van der Waals surface area contributed by atoms with Crippen LogP contribution in [0.4, 0.5) is 4.39 Å². The molecule has 0 saturated heterocycles. The maximum Gasteiger partial charge on any atom is 0.175 e. The molecule has 1 unspecified atom stereocenters. The van der Waals surface area contributed by atoms with Gasteiger partial charge in [0, 0.05) is 23.6 Å². The maximum absolute atomic E-state index is 13.5. The summed E-state index contributed by atoms with van der Waals surface area (Å²) < 4.78 is 37.0. The van der Waals surface area contributed by atoms with Crippen molar-refractivity contribution in [3.8, 4) is 22.4 Å². The van der Waals surface area contributed by atoms with E-state index in [2.05, 4.69) is 9.97 Å². The van der Waals surface area contributed by atoms with Crippen molar-refractivity contribution in [2.45, 2.75) is 11.0 Å². The molecule has 4 aromatic rings. The highest BCUT2D eigenvalue weighted by Crippen LogP contribution is 2.32. The Labute approximate surface area is 179 Å². The lowest BCUT2D eigenvalue weighted by atomic mass is 10.00. The van der Waals surface area contributed by atoms with Gasteiger partial charge in [-0.3, -0.25) is 0 Å². The molecule has 31 heavy (non-hydrogen) atoms. The van der Waals surface area contributed by atoms with E-state index in [-0.39, 0.29) is 16.5 Å². The average molecular weight is 434 g/mol. The quantitative estimate of drug-likeness (QED) is 0.503. The molecule has 0 aliphatic carbocycles. The summed E-state index contributed by atoms with van der Waals surface area (Å²) in [6.45, 7) is 0. The molecular formula is C24H19FN2O3S. The molecule has 4 rings (SSSR count). The van der Waals surface area contributed by atoms with Crippen LogP contribution < -0.4 is 0 Å². The molecule has 0 fully saturated rings. The van der Waals surface area contributed by atoms with Gasteiger partial charge >= 0.3 is 0 Å². The average Bonchev–Trinajstić information content (AvgIpc) is 2.79. The van der Waals surface area contributed by atoms with Crippen molar-refractivity contribution in [2.24, 2.45) is 0 Å². The van der Waals surface area contributed by atoms with Crippen LogP contribution in [-0.2, 0) is 9.84 Å². The van der Waals surface area contributed by atoms with Gasteiger partial charge in [-0.05, 0) is 47.5 Å². The summed E-state index contributed by atoms with van der Waals surface area (Å²) in [6, 6.07) is 21.3. The number of nitrogens with zero attached hydrogens (tertiary/aromatic N) is 2. The minimum Gasteiger partial charge on any atom is -0.380 e. The van der Waals surface area contributed by atoms with Crippen molar-refractivity contribution in [3.63, 3.8) is 0 Å². The smallest absolute Gasteiger partial charge is 0.175 e. The highest BCUT2D eigenvalue weighted by Gasteiger charge is 2.18. The Morgan fingerprint density at radius 2 is 1.48 bits per heavy atom. The number of aromatic nitrogens is 2. The van der Waals surface area contributed by atoms with E-state index in [9.17, 15) is 17.9 Å². The van der Waals surface area contributed by atoms with Gasteiger partial charge in [-0.1, -0.05) is 42.5 Å². The summed E-state index contributed by atoms with van der Waals surface area (Å²) in [5, 5.41) is 10.7. The highest BCUT2D eigenvalue weighted by atomic mass is 32.2. The summed E-state index contributed by atoms with van der Waals surface area (Å²) >= 11 is 0. The first-order valence-electron chi connectivity index (χ1n) is 9.49. The van der Waals surface area contributed by atoms with E-state index in [0.717, 1.165) is 6.26 Å². The standard InChI is InChI=1S/C24H19FN2O3S/c1-31(29,30)20-13-9-16(10-14-20)21-15-26-24(23(28)18-5-3-2-4-6-18)27-22(21)17-7-11-19(25)12-8-17/h2-15,23,28H,1H3. The fourth-order valence-corrected chi connectivity index (χ4v) is 3.86. The molecule has 1 atom stereocenters. The first kappa shape index (κ1) is 20.8. The van der Waals surface area contributed by atoms with E-state index < -0.39 is 15.9 Å². The van der Waals surface area contributed by atoms with Crippen LogP contribution in [0.5, 0.6) is 0 Å². The van der Waals surface area contributed by atoms with Gasteiger partial charge in [0.05, 0.1) is 10.6 Å². The Kier molecular flexibility index (Phi) is 5.63. The number of halogens is 1. The second-order valence-corrected chi connectivity index (χ2v) is 9.12.